The van der Waals surface area contributed by atoms with Crippen molar-refractivity contribution in [3.05, 3.63) is 47.9 Å². The Bertz CT molecular complexity index is 553. The van der Waals surface area contributed by atoms with Gasteiger partial charge in [0.2, 0.25) is 5.88 Å². The van der Waals surface area contributed by atoms with Gasteiger partial charge in [0.05, 0.1) is 19.0 Å². The maximum Gasteiger partial charge on any atom is 0.433 e. The minimum atomic E-state index is -4.42. The molecule has 2 aromatic heterocycles. The van der Waals surface area contributed by atoms with Crippen LogP contribution in [0.3, 0.4) is 0 Å². The van der Waals surface area contributed by atoms with Crippen molar-refractivity contribution in [3.63, 3.8) is 0 Å². The minimum Gasteiger partial charge on any atom is -0.481 e. The number of ether oxygens (including phenoxy) is 1. The first-order valence-electron chi connectivity index (χ1n) is 5.75. The summed E-state index contributed by atoms with van der Waals surface area (Å²) in [5, 5.41) is 2.97. The molecule has 0 aromatic carbocycles. The molecule has 7 heteroatoms. The van der Waals surface area contributed by atoms with E-state index in [1.807, 2.05) is 6.07 Å². The highest BCUT2D eigenvalue weighted by Crippen LogP contribution is 2.27. The van der Waals surface area contributed by atoms with E-state index in [1.54, 1.807) is 12.3 Å². The Hall–Kier alpha value is -2.31. The molecule has 0 saturated heterocycles. The predicted molar refractivity (Wildman–Crippen MR) is 67.4 cm³/mol. The summed E-state index contributed by atoms with van der Waals surface area (Å²) in [6, 6.07) is 5.81. The highest BCUT2D eigenvalue weighted by atomic mass is 19.4. The van der Waals surface area contributed by atoms with Gasteiger partial charge in [0.15, 0.2) is 0 Å². The molecule has 0 radical (unpaired) electrons. The molecule has 20 heavy (non-hydrogen) atoms. The highest BCUT2D eigenvalue weighted by molar-refractivity contribution is 5.42. The quantitative estimate of drug-likeness (QED) is 0.936. The molecule has 0 bridgehead atoms. The number of anilines is 1. The van der Waals surface area contributed by atoms with Gasteiger partial charge in [0.25, 0.3) is 0 Å². The molecule has 0 aliphatic rings. The summed E-state index contributed by atoms with van der Waals surface area (Å²) in [4.78, 5) is 7.40. The Morgan fingerprint density at radius 1 is 1.10 bits per heavy atom. The van der Waals surface area contributed by atoms with Gasteiger partial charge < -0.3 is 10.1 Å². The molecule has 2 heterocycles. The topological polar surface area (TPSA) is 47.0 Å². The molecule has 0 atom stereocenters. The fourth-order valence-corrected chi connectivity index (χ4v) is 1.51. The second-order valence-electron chi connectivity index (χ2n) is 3.99. The zero-order valence-corrected chi connectivity index (χ0v) is 10.6. The van der Waals surface area contributed by atoms with Crippen LogP contribution in [-0.4, -0.2) is 17.1 Å². The van der Waals surface area contributed by atoms with Crippen molar-refractivity contribution in [2.75, 3.05) is 12.4 Å². The molecule has 106 valence electrons. The van der Waals surface area contributed by atoms with Crippen molar-refractivity contribution in [2.24, 2.45) is 0 Å². The maximum absolute atomic E-state index is 12.3. The summed E-state index contributed by atoms with van der Waals surface area (Å²) in [7, 11) is 1.52. The lowest BCUT2D eigenvalue weighted by Crippen LogP contribution is -2.08. The summed E-state index contributed by atoms with van der Waals surface area (Å²) in [5.41, 5.74) is 0.480. The first-order chi connectivity index (χ1) is 9.49. The predicted octanol–water partition coefficient (Wildman–Crippen LogP) is 3.12. The summed E-state index contributed by atoms with van der Waals surface area (Å²) in [6.07, 6.45) is -1.64. The number of nitrogens with one attached hydrogen (secondary N) is 1. The molecule has 2 aromatic rings. The first kappa shape index (κ1) is 14.1. The van der Waals surface area contributed by atoms with Crippen molar-refractivity contribution < 1.29 is 17.9 Å². The van der Waals surface area contributed by atoms with Crippen molar-refractivity contribution >= 4 is 5.69 Å². The van der Waals surface area contributed by atoms with Crippen LogP contribution < -0.4 is 10.1 Å². The van der Waals surface area contributed by atoms with Crippen LogP contribution in [0.4, 0.5) is 18.9 Å². The van der Waals surface area contributed by atoms with Gasteiger partial charge in [0, 0.05) is 18.8 Å². The molecule has 1 N–H and O–H groups in total. The second-order valence-corrected chi connectivity index (χ2v) is 3.99. The summed E-state index contributed by atoms with van der Waals surface area (Å²) in [5.74, 6) is 0.505. The number of hydrogen-bond acceptors (Lipinski definition) is 4. The Balaban J connectivity index is 1.96. The van der Waals surface area contributed by atoms with Gasteiger partial charge in [-0.2, -0.15) is 13.2 Å². The maximum atomic E-state index is 12.3. The lowest BCUT2D eigenvalue weighted by Gasteiger charge is -2.09. The second kappa shape index (κ2) is 5.77. The van der Waals surface area contributed by atoms with Gasteiger partial charge in [0.1, 0.15) is 5.69 Å². The monoisotopic (exact) mass is 283 g/mol. The number of aromatic nitrogens is 2. The van der Waals surface area contributed by atoms with Crippen LogP contribution in [0.5, 0.6) is 5.88 Å². The van der Waals surface area contributed by atoms with Gasteiger partial charge >= 0.3 is 6.18 Å². The summed E-state index contributed by atoms with van der Waals surface area (Å²) >= 11 is 0. The van der Waals surface area contributed by atoms with Crippen LogP contribution in [0.1, 0.15) is 11.3 Å². The van der Waals surface area contributed by atoms with E-state index >= 15 is 0 Å². The fourth-order valence-electron chi connectivity index (χ4n) is 1.51. The standard InChI is InChI=1S/C13H12F3N3O/c1-20-12-5-2-9(7-19-12)6-17-10-3-4-11(18-8-10)13(14,15)16/h2-5,7-8,17H,6H2,1H3. The van der Waals surface area contributed by atoms with Crippen LogP contribution in [-0.2, 0) is 12.7 Å². The van der Waals surface area contributed by atoms with Gasteiger partial charge in [-0.3, -0.25) is 0 Å². The largest absolute Gasteiger partial charge is 0.481 e. The zero-order valence-electron chi connectivity index (χ0n) is 10.6. The van der Waals surface area contributed by atoms with Gasteiger partial charge in [-0.05, 0) is 17.7 Å². The number of halogens is 3. The number of hydrogen-bond donors (Lipinski definition) is 1. The number of alkyl halides is 3. The van der Waals surface area contributed by atoms with Gasteiger partial charge in [-0.15, -0.1) is 0 Å². The van der Waals surface area contributed by atoms with E-state index in [1.165, 1.54) is 13.2 Å². The van der Waals surface area contributed by atoms with E-state index in [2.05, 4.69) is 15.3 Å². The van der Waals surface area contributed by atoms with E-state index in [9.17, 15) is 13.2 Å². The molecule has 2 rings (SSSR count). The van der Waals surface area contributed by atoms with E-state index < -0.39 is 11.9 Å². The minimum absolute atomic E-state index is 0.435. The number of pyridine rings is 2. The molecule has 0 fully saturated rings. The SMILES string of the molecule is COc1ccc(CNc2ccc(C(F)(F)F)nc2)cn1. The normalized spacial score (nSPS) is 11.2. The van der Waals surface area contributed by atoms with E-state index in [0.29, 0.717) is 18.1 Å². The van der Waals surface area contributed by atoms with Crippen molar-refractivity contribution in [2.45, 2.75) is 12.7 Å². The van der Waals surface area contributed by atoms with Gasteiger partial charge in [-0.1, -0.05) is 6.07 Å². The third kappa shape index (κ3) is 3.59. The van der Waals surface area contributed by atoms with E-state index in [4.69, 9.17) is 4.74 Å². The Kier molecular flexibility index (Phi) is 4.07. The Morgan fingerprint density at radius 3 is 2.40 bits per heavy atom. The highest BCUT2D eigenvalue weighted by Gasteiger charge is 2.31. The lowest BCUT2D eigenvalue weighted by atomic mass is 10.2. The van der Waals surface area contributed by atoms with E-state index in [0.717, 1.165) is 17.8 Å². The molecule has 0 saturated carbocycles. The van der Waals surface area contributed by atoms with Crippen molar-refractivity contribution in [1.29, 1.82) is 0 Å². The van der Waals surface area contributed by atoms with E-state index in [-0.39, 0.29) is 0 Å². The zero-order chi connectivity index (χ0) is 14.6. The summed E-state index contributed by atoms with van der Waals surface area (Å²) in [6.45, 7) is 0.435. The molecule has 0 spiro atoms. The smallest absolute Gasteiger partial charge is 0.433 e. The van der Waals surface area contributed by atoms with Gasteiger partial charge in [-0.25, -0.2) is 9.97 Å². The van der Waals surface area contributed by atoms with Crippen LogP contribution in [0, 0.1) is 0 Å². The van der Waals surface area contributed by atoms with Crippen LogP contribution in [0.15, 0.2) is 36.7 Å². The lowest BCUT2D eigenvalue weighted by molar-refractivity contribution is -0.141. The molecular weight excluding hydrogens is 271 g/mol. The molecule has 0 amide bonds. The molecule has 0 unspecified atom stereocenters. The first-order valence-corrected chi connectivity index (χ1v) is 5.75. The Morgan fingerprint density at radius 2 is 1.90 bits per heavy atom. The van der Waals surface area contributed by atoms with Crippen molar-refractivity contribution in [3.8, 4) is 5.88 Å². The van der Waals surface area contributed by atoms with Crippen LogP contribution in [0.25, 0.3) is 0 Å². The molecular formula is C13H12F3N3O. The third-order valence-corrected chi connectivity index (χ3v) is 2.56. The molecule has 0 aliphatic carbocycles. The molecule has 4 nitrogen and oxygen atoms in total. The summed E-state index contributed by atoms with van der Waals surface area (Å²) < 4.78 is 41.9. The number of methoxy groups -OCH3 is 1. The fraction of sp³-hybridized carbons (Fsp3) is 0.231. The Labute approximate surface area is 113 Å². The third-order valence-electron chi connectivity index (χ3n) is 2.56. The van der Waals surface area contributed by atoms with Crippen LogP contribution >= 0.6 is 0 Å². The average Bonchev–Trinajstić information content (AvgIpc) is 2.45. The molecule has 0 aliphatic heterocycles. The number of rotatable bonds is 4. The van der Waals surface area contributed by atoms with Crippen LogP contribution in [0.2, 0.25) is 0 Å². The van der Waals surface area contributed by atoms with Crippen molar-refractivity contribution in [1.82, 2.24) is 9.97 Å². The average molecular weight is 283 g/mol. The number of nitrogens with zero attached hydrogens (tertiary/aromatic N) is 2.